The molecule has 0 radical (unpaired) electrons. The maximum Gasteiger partial charge on any atom is 0.257 e. The van der Waals surface area contributed by atoms with Gasteiger partial charge in [0.15, 0.2) is 6.61 Å². The molecule has 1 aromatic heterocycles. The van der Waals surface area contributed by atoms with Gasteiger partial charge < -0.3 is 15.4 Å². The third kappa shape index (κ3) is 3.99. The molecule has 0 aliphatic rings. The zero-order chi connectivity index (χ0) is 14.4. The van der Waals surface area contributed by atoms with E-state index in [0.29, 0.717) is 5.75 Å². The van der Waals surface area contributed by atoms with Crippen LogP contribution in [0.25, 0.3) is 0 Å². The van der Waals surface area contributed by atoms with Crippen molar-refractivity contribution in [3.05, 3.63) is 46.2 Å². The number of carbonyl (C=O) groups is 1. The van der Waals surface area contributed by atoms with E-state index in [2.05, 4.69) is 29.0 Å². The summed E-state index contributed by atoms with van der Waals surface area (Å²) in [6.45, 7) is 2.93. The lowest BCUT2D eigenvalue weighted by Gasteiger charge is -2.09. The summed E-state index contributed by atoms with van der Waals surface area (Å²) >= 11 is 1.74. The summed E-state index contributed by atoms with van der Waals surface area (Å²) < 4.78 is 5.41. The number of hydrogen-bond donors (Lipinski definition) is 2. The van der Waals surface area contributed by atoms with Crippen molar-refractivity contribution in [2.75, 3.05) is 19.0 Å². The Morgan fingerprint density at radius 3 is 2.90 bits per heavy atom. The van der Waals surface area contributed by atoms with Gasteiger partial charge in [-0.15, -0.1) is 11.3 Å². The quantitative estimate of drug-likeness (QED) is 0.860. The smallest absolute Gasteiger partial charge is 0.257 e. The first kappa shape index (κ1) is 14.4. The lowest BCUT2D eigenvalue weighted by atomic mass is 10.2. The first-order valence-corrected chi connectivity index (χ1v) is 7.27. The lowest BCUT2D eigenvalue weighted by molar-refractivity contribution is -0.122. The van der Waals surface area contributed by atoms with Crippen molar-refractivity contribution in [3.8, 4) is 5.75 Å². The van der Waals surface area contributed by atoms with Gasteiger partial charge in [0.05, 0.1) is 0 Å². The Kier molecular flexibility index (Phi) is 5.01. The highest BCUT2D eigenvalue weighted by Gasteiger charge is 2.02. The molecule has 1 aromatic carbocycles. The highest BCUT2D eigenvalue weighted by molar-refractivity contribution is 7.10. The average Bonchev–Trinajstić information content (AvgIpc) is 2.88. The highest BCUT2D eigenvalue weighted by Crippen LogP contribution is 2.20. The summed E-state index contributed by atoms with van der Waals surface area (Å²) in [7, 11) is 1.59. The molecule has 0 aliphatic heterocycles. The van der Waals surface area contributed by atoms with Crippen LogP contribution in [0.15, 0.2) is 35.7 Å². The molecule has 1 heterocycles. The summed E-state index contributed by atoms with van der Waals surface area (Å²) in [5.41, 5.74) is 2.28. The summed E-state index contributed by atoms with van der Waals surface area (Å²) in [6.07, 6.45) is 0. The van der Waals surface area contributed by atoms with Gasteiger partial charge in [-0.3, -0.25) is 4.79 Å². The van der Waals surface area contributed by atoms with E-state index in [-0.39, 0.29) is 12.5 Å². The van der Waals surface area contributed by atoms with Crippen LogP contribution < -0.4 is 15.4 Å². The number of amides is 1. The SMILES string of the molecule is CNC(=O)COc1cccc(NCc2sccc2C)c1. The standard InChI is InChI=1S/C15H18N2O2S/c1-11-6-7-20-14(11)9-17-12-4-3-5-13(8-12)19-10-15(18)16-2/h3-8,17H,9-10H2,1-2H3,(H,16,18). The van der Waals surface area contributed by atoms with Crippen molar-refractivity contribution in [2.24, 2.45) is 0 Å². The number of carbonyl (C=O) groups excluding carboxylic acids is 1. The molecule has 2 aromatic rings. The first-order valence-electron chi connectivity index (χ1n) is 6.39. The van der Waals surface area contributed by atoms with E-state index < -0.39 is 0 Å². The Labute approximate surface area is 122 Å². The van der Waals surface area contributed by atoms with Crippen molar-refractivity contribution < 1.29 is 9.53 Å². The zero-order valence-corrected chi connectivity index (χ0v) is 12.4. The van der Waals surface area contributed by atoms with Crippen LogP contribution in [0, 0.1) is 6.92 Å². The number of anilines is 1. The van der Waals surface area contributed by atoms with Crippen molar-refractivity contribution in [3.63, 3.8) is 0 Å². The van der Waals surface area contributed by atoms with Gasteiger partial charge in [-0.1, -0.05) is 6.07 Å². The van der Waals surface area contributed by atoms with Crippen molar-refractivity contribution in [1.82, 2.24) is 5.32 Å². The van der Waals surface area contributed by atoms with Crippen LogP contribution >= 0.6 is 11.3 Å². The van der Waals surface area contributed by atoms with Crippen LogP contribution in [0.1, 0.15) is 10.4 Å². The Hall–Kier alpha value is -2.01. The van der Waals surface area contributed by atoms with E-state index in [0.717, 1.165) is 12.2 Å². The van der Waals surface area contributed by atoms with Gasteiger partial charge in [0.1, 0.15) is 5.75 Å². The second-order valence-electron chi connectivity index (χ2n) is 4.37. The highest BCUT2D eigenvalue weighted by atomic mass is 32.1. The Morgan fingerprint density at radius 2 is 2.20 bits per heavy atom. The Bertz CT molecular complexity index is 581. The van der Waals surface area contributed by atoms with Crippen LogP contribution in [0.4, 0.5) is 5.69 Å². The molecule has 0 spiro atoms. The molecule has 0 bridgehead atoms. The van der Waals surface area contributed by atoms with Crippen LogP contribution in [-0.2, 0) is 11.3 Å². The zero-order valence-electron chi connectivity index (χ0n) is 11.6. The minimum Gasteiger partial charge on any atom is -0.484 e. The molecule has 2 rings (SSSR count). The third-order valence-corrected chi connectivity index (χ3v) is 3.93. The summed E-state index contributed by atoms with van der Waals surface area (Å²) in [5, 5.41) is 7.97. The summed E-state index contributed by atoms with van der Waals surface area (Å²) in [6, 6.07) is 9.74. The molecule has 0 aliphatic carbocycles. The minimum atomic E-state index is -0.141. The molecule has 0 atom stereocenters. The number of benzene rings is 1. The van der Waals surface area contributed by atoms with E-state index in [1.807, 2.05) is 24.3 Å². The third-order valence-electron chi connectivity index (χ3n) is 2.90. The maximum absolute atomic E-state index is 11.1. The molecule has 0 saturated heterocycles. The van der Waals surface area contributed by atoms with Gasteiger partial charge in [-0.2, -0.15) is 0 Å². The predicted octanol–water partition coefficient (Wildman–Crippen LogP) is 2.79. The van der Waals surface area contributed by atoms with Gasteiger partial charge in [0.2, 0.25) is 0 Å². The molecule has 4 nitrogen and oxygen atoms in total. The van der Waals surface area contributed by atoms with Gasteiger partial charge in [0, 0.05) is 30.2 Å². The van der Waals surface area contributed by atoms with Crippen LogP contribution in [0.5, 0.6) is 5.75 Å². The topological polar surface area (TPSA) is 50.4 Å². The molecular weight excluding hydrogens is 272 g/mol. The lowest BCUT2D eigenvalue weighted by Crippen LogP contribution is -2.24. The molecule has 2 N–H and O–H groups in total. The normalized spacial score (nSPS) is 10.1. The Balaban J connectivity index is 1.92. The number of likely N-dealkylation sites (N-methyl/N-ethyl adjacent to an activating group) is 1. The molecule has 0 unspecified atom stereocenters. The summed E-state index contributed by atoms with van der Waals surface area (Å²) in [5.74, 6) is 0.541. The number of thiophene rings is 1. The van der Waals surface area contributed by atoms with Gasteiger partial charge in [-0.25, -0.2) is 0 Å². The van der Waals surface area contributed by atoms with Crippen molar-refractivity contribution in [1.29, 1.82) is 0 Å². The second kappa shape index (κ2) is 6.96. The molecular formula is C15H18N2O2S. The van der Waals surface area contributed by atoms with E-state index in [9.17, 15) is 4.79 Å². The molecule has 20 heavy (non-hydrogen) atoms. The van der Waals surface area contributed by atoms with Crippen LogP contribution in [0.2, 0.25) is 0 Å². The van der Waals surface area contributed by atoms with E-state index in [4.69, 9.17) is 4.74 Å². The first-order chi connectivity index (χ1) is 9.69. The molecule has 0 fully saturated rings. The fourth-order valence-corrected chi connectivity index (χ4v) is 2.53. The van der Waals surface area contributed by atoms with Crippen LogP contribution in [0.3, 0.4) is 0 Å². The largest absolute Gasteiger partial charge is 0.484 e. The van der Waals surface area contributed by atoms with E-state index >= 15 is 0 Å². The van der Waals surface area contributed by atoms with Gasteiger partial charge in [0.25, 0.3) is 5.91 Å². The summed E-state index contributed by atoms with van der Waals surface area (Å²) in [4.78, 5) is 12.5. The van der Waals surface area contributed by atoms with E-state index in [1.165, 1.54) is 10.4 Å². The predicted molar refractivity (Wildman–Crippen MR) is 82.4 cm³/mol. The van der Waals surface area contributed by atoms with Crippen molar-refractivity contribution >= 4 is 22.9 Å². The number of aryl methyl sites for hydroxylation is 1. The van der Waals surface area contributed by atoms with Crippen LogP contribution in [-0.4, -0.2) is 19.6 Å². The maximum atomic E-state index is 11.1. The second-order valence-corrected chi connectivity index (χ2v) is 5.37. The number of rotatable bonds is 6. The number of hydrogen-bond acceptors (Lipinski definition) is 4. The van der Waals surface area contributed by atoms with Crippen molar-refractivity contribution in [2.45, 2.75) is 13.5 Å². The molecule has 106 valence electrons. The Morgan fingerprint density at radius 1 is 1.35 bits per heavy atom. The number of nitrogens with one attached hydrogen (secondary N) is 2. The number of ether oxygens (including phenoxy) is 1. The van der Waals surface area contributed by atoms with Gasteiger partial charge >= 0.3 is 0 Å². The molecule has 5 heteroatoms. The minimum absolute atomic E-state index is 0.0317. The fourth-order valence-electron chi connectivity index (χ4n) is 1.68. The monoisotopic (exact) mass is 290 g/mol. The molecule has 1 amide bonds. The van der Waals surface area contributed by atoms with Gasteiger partial charge in [-0.05, 0) is 36.1 Å². The fraction of sp³-hybridized carbons (Fsp3) is 0.267. The molecule has 0 saturated carbocycles. The average molecular weight is 290 g/mol. The van der Waals surface area contributed by atoms with E-state index in [1.54, 1.807) is 18.4 Å².